The van der Waals surface area contributed by atoms with Gasteiger partial charge in [-0.3, -0.25) is 0 Å². The van der Waals surface area contributed by atoms with E-state index in [2.05, 4.69) is 27.7 Å². The Morgan fingerprint density at radius 2 is 1.75 bits per heavy atom. The molecule has 0 saturated heterocycles. The molecule has 0 saturated carbocycles. The van der Waals surface area contributed by atoms with E-state index in [0.29, 0.717) is 17.1 Å². The molecule has 0 fully saturated rings. The molecule has 0 aromatic heterocycles. The first-order valence-corrected chi connectivity index (χ1v) is 6.23. The molecule has 0 aliphatic rings. The number of rotatable bonds is 5. The van der Waals surface area contributed by atoms with Gasteiger partial charge in [0.25, 0.3) is 0 Å². The maximum Gasteiger partial charge on any atom is 0.115 e. The smallest absolute Gasteiger partial charge is 0.115 e. The van der Waals surface area contributed by atoms with Crippen molar-refractivity contribution in [2.24, 2.45) is 5.41 Å². The van der Waals surface area contributed by atoms with Crippen molar-refractivity contribution < 1.29 is 5.11 Å². The van der Waals surface area contributed by atoms with E-state index in [-0.39, 0.29) is 0 Å². The van der Waals surface area contributed by atoms with E-state index in [1.165, 1.54) is 24.8 Å². The van der Waals surface area contributed by atoms with Crippen molar-refractivity contribution in [2.45, 2.75) is 52.9 Å². The highest BCUT2D eigenvalue weighted by atomic mass is 16.3. The number of aromatic hydroxyl groups is 1. The van der Waals surface area contributed by atoms with Gasteiger partial charge in [0.05, 0.1) is 0 Å². The fourth-order valence-corrected chi connectivity index (χ4v) is 2.53. The summed E-state index contributed by atoms with van der Waals surface area (Å²) in [6, 6.07) is 7.61. The molecular formula is C15H24O. The minimum atomic E-state index is 0.351. The molecule has 0 amide bonds. The third-order valence-electron chi connectivity index (χ3n) is 3.25. The summed E-state index contributed by atoms with van der Waals surface area (Å²) < 4.78 is 0. The lowest BCUT2D eigenvalue weighted by Gasteiger charge is -2.28. The molecule has 0 aliphatic heterocycles. The average molecular weight is 220 g/mol. The van der Waals surface area contributed by atoms with Crippen molar-refractivity contribution in [3.8, 4) is 5.75 Å². The second-order valence-electron chi connectivity index (χ2n) is 5.61. The molecule has 0 radical (unpaired) electrons. The largest absolute Gasteiger partial charge is 0.508 e. The minimum Gasteiger partial charge on any atom is -0.508 e. The van der Waals surface area contributed by atoms with Crippen LogP contribution < -0.4 is 0 Å². The Hall–Kier alpha value is -0.980. The quantitative estimate of drug-likeness (QED) is 0.761. The van der Waals surface area contributed by atoms with Crippen molar-refractivity contribution in [1.29, 1.82) is 0 Å². The predicted octanol–water partition coefficient (Wildman–Crippen LogP) is 4.71. The standard InChI is InChI=1S/C15H24O/c1-5-10-15(3,4)11-12(2)13-6-8-14(16)9-7-13/h6-9,12,16H,5,10-11H2,1-4H3. The summed E-state index contributed by atoms with van der Waals surface area (Å²) in [7, 11) is 0. The summed E-state index contributed by atoms with van der Waals surface area (Å²) in [6.45, 7) is 9.19. The van der Waals surface area contributed by atoms with Crippen LogP contribution >= 0.6 is 0 Å². The average Bonchev–Trinajstić information content (AvgIpc) is 2.17. The molecule has 1 rings (SSSR count). The summed E-state index contributed by atoms with van der Waals surface area (Å²) in [5.41, 5.74) is 1.73. The number of phenols is 1. The number of benzene rings is 1. The van der Waals surface area contributed by atoms with Crippen molar-refractivity contribution in [1.82, 2.24) is 0 Å². The molecule has 0 aliphatic carbocycles. The van der Waals surface area contributed by atoms with Gasteiger partial charge in [0, 0.05) is 0 Å². The van der Waals surface area contributed by atoms with Gasteiger partial charge in [0.1, 0.15) is 5.75 Å². The minimum absolute atomic E-state index is 0.351. The Bertz CT molecular complexity index is 311. The summed E-state index contributed by atoms with van der Waals surface area (Å²) in [4.78, 5) is 0. The van der Waals surface area contributed by atoms with Crippen molar-refractivity contribution in [3.05, 3.63) is 29.8 Å². The molecule has 1 aromatic rings. The zero-order chi connectivity index (χ0) is 12.2. The first kappa shape index (κ1) is 13.1. The summed E-state index contributed by atoms with van der Waals surface area (Å²) in [5, 5.41) is 9.26. The summed E-state index contributed by atoms with van der Waals surface area (Å²) in [5.74, 6) is 0.908. The van der Waals surface area contributed by atoms with Gasteiger partial charge in [-0.2, -0.15) is 0 Å². The Balaban J connectivity index is 2.64. The van der Waals surface area contributed by atoms with Crippen LogP contribution in [-0.2, 0) is 0 Å². The number of hydrogen-bond acceptors (Lipinski definition) is 1. The van der Waals surface area contributed by atoms with Crippen LogP contribution in [0.1, 0.15) is 58.4 Å². The van der Waals surface area contributed by atoms with Gasteiger partial charge in [-0.25, -0.2) is 0 Å². The summed E-state index contributed by atoms with van der Waals surface area (Å²) >= 11 is 0. The van der Waals surface area contributed by atoms with E-state index in [1.54, 1.807) is 12.1 Å². The third kappa shape index (κ3) is 3.88. The van der Waals surface area contributed by atoms with Gasteiger partial charge in [-0.05, 0) is 41.9 Å². The highest BCUT2D eigenvalue weighted by Gasteiger charge is 2.20. The molecule has 16 heavy (non-hydrogen) atoms. The maximum atomic E-state index is 9.26. The molecule has 90 valence electrons. The second-order valence-corrected chi connectivity index (χ2v) is 5.61. The monoisotopic (exact) mass is 220 g/mol. The molecule has 1 nitrogen and oxygen atoms in total. The third-order valence-corrected chi connectivity index (χ3v) is 3.25. The van der Waals surface area contributed by atoms with Crippen LogP contribution in [0.25, 0.3) is 0 Å². The Kier molecular flexibility index (Phi) is 4.40. The van der Waals surface area contributed by atoms with E-state index in [4.69, 9.17) is 0 Å². The molecule has 1 heteroatoms. The van der Waals surface area contributed by atoms with Crippen LogP contribution in [-0.4, -0.2) is 5.11 Å². The lowest BCUT2D eigenvalue weighted by atomic mass is 9.78. The highest BCUT2D eigenvalue weighted by molar-refractivity contribution is 5.28. The topological polar surface area (TPSA) is 20.2 Å². The highest BCUT2D eigenvalue weighted by Crippen LogP contribution is 2.35. The number of hydrogen-bond donors (Lipinski definition) is 1. The van der Waals surface area contributed by atoms with Crippen LogP contribution in [0.15, 0.2) is 24.3 Å². The lowest BCUT2D eigenvalue weighted by Crippen LogP contribution is -2.14. The van der Waals surface area contributed by atoms with Gasteiger partial charge < -0.3 is 5.11 Å². The zero-order valence-electron chi connectivity index (χ0n) is 11.0. The Morgan fingerprint density at radius 1 is 1.19 bits per heavy atom. The van der Waals surface area contributed by atoms with Crippen LogP contribution in [0, 0.1) is 5.41 Å². The van der Waals surface area contributed by atoms with Crippen molar-refractivity contribution in [2.75, 3.05) is 0 Å². The normalized spacial score (nSPS) is 13.8. The Morgan fingerprint density at radius 3 is 2.25 bits per heavy atom. The van der Waals surface area contributed by atoms with Crippen LogP contribution in [0.5, 0.6) is 5.75 Å². The maximum absolute atomic E-state index is 9.26. The molecule has 0 spiro atoms. The number of phenolic OH excluding ortho intramolecular Hbond substituents is 1. The van der Waals surface area contributed by atoms with Gasteiger partial charge in [-0.1, -0.05) is 46.2 Å². The molecule has 0 bridgehead atoms. The fraction of sp³-hybridized carbons (Fsp3) is 0.600. The fourth-order valence-electron chi connectivity index (χ4n) is 2.53. The first-order chi connectivity index (χ1) is 7.44. The van der Waals surface area contributed by atoms with Crippen LogP contribution in [0.2, 0.25) is 0 Å². The van der Waals surface area contributed by atoms with Crippen molar-refractivity contribution in [3.63, 3.8) is 0 Å². The molecule has 0 heterocycles. The second kappa shape index (κ2) is 5.38. The summed E-state index contributed by atoms with van der Waals surface area (Å²) in [6.07, 6.45) is 3.72. The van der Waals surface area contributed by atoms with E-state index in [0.717, 1.165) is 0 Å². The molecule has 1 atom stereocenters. The van der Waals surface area contributed by atoms with Gasteiger partial charge in [0.2, 0.25) is 0 Å². The van der Waals surface area contributed by atoms with E-state index in [1.807, 2.05) is 12.1 Å². The van der Waals surface area contributed by atoms with Gasteiger partial charge in [0.15, 0.2) is 0 Å². The van der Waals surface area contributed by atoms with Crippen molar-refractivity contribution >= 4 is 0 Å². The first-order valence-electron chi connectivity index (χ1n) is 6.23. The molecule has 1 unspecified atom stereocenters. The lowest BCUT2D eigenvalue weighted by molar-refractivity contribution is 0.284. The molecule has 1 N–H and O–H groups in total. The van der Waals surface area contributed by atoms with Crippen LogP contribution in [0.4, 0.5) is 0 Å². The van der Waals surface area contributed by atoms with Crippen LogP contribution in [0.3, 0.4) is 0 Å². The van der Waals surface area contributed by atoms with Gasteiger partial charge in [-0.15, -0.1) is 0 Å². The van der Waals surface area contributed by atoms with E-state index < -0.39 is 0 Å². The Labute approximate surface area is 99.5 Å². The molecule has 1 aromatic carbocycles. The zero-order valence-corrected chi connectivity index (χ0v) is 11.0. The molecular weight excluding hydrogens is 196 g/mol. The predicted molar refractivity (Wildman–Crippen MR) is 69.8 cm³/mol. The van der Waals surface area contributed by atoms with E-state index in [9.17, 15) is 5.11 Å². The van der Waals surface area contributed by atoms with Gasteiger partial charge >= 0.3 is 0 Å². The SMILES string of the molecule is CCCC(C)(C)CC(C)c1ccc(O)cc1. The van der Waals surface area contributed by atoms with E-state index >= 15 is 0 Å².